The lowest BCUT2D eigenvalue weighted by Gasteiger charge is -2.14. The first kappa shape index (κ1) is 23.9. The molecule has 0 aliphatic heterocycles. The standard InChI is InChI=1S/C24H26N2O6S/c1-30-20-13-10-18(11-14-20)26-33(28,29)23-17-19(12-15-22(23)31-2)25-24(27)9-6-16-32-21-7-4-3-5-8-21/h3-5,7-8,10-15,17,26H,6,9,16H2,1-2H3,(H,25,27). The zero-order chi connectivity index (χ0) is 23.7. The number of amides is 1. The number of carbonyl (C=O) groups is 1. The summed E-state index contributed by atoms with van der Waals surface area (Å²) in [5.41, 5.74) is 0.714. The fourth-order valence-corrected chi connectivity index (χ4v) is 4.25. The highest BCUT2D eigenvalue weighted by atomic mass is 32.2. The molecule has 0 aromatic heterocycles. The maximum Gasteiger partial charge on any atom is 0.265 e. The van der Waals surface area contributed by atoms with Crippen molar-refractivity contribution in [2.24, 2.45) is 0 Å². The molecule has 3 rings (SSSR count). The van der Waals surface area contributed by atoms with Gasteiger partial charge in [-0.2, -0.15) is 0 Å². The Morgan fingerprint density at radius 1 is 0.848 bits per heavy atom. The van der Waals surface area contributed by atoms with Crippen LogP contribution in [0, 0.1) is 0 Å². The van der Waals surface area contributed by atoms with Gasteiger partial charge in [0.25, 0.3) is 10.0 Å². The first-order valence-electron chi connectivity index (χ1n) is 10.2. The lowest BCUT2D eigenvalue weighted by Crippen LogP contribution is -2.16. The smallest absolute Gasteiger partial charge is 0.265 e. The van der Waals surface area contributed by atoms with Crippen LogP contribution in [0.2, 0.25) is 0 Å². The molecule has 8 nitrogen and oxygen atoms in total. The molecule has 0 spiro atoms. The SMILES string of the molecule is COc1ccc(NS(=O)(=O)c2cc(NC(=O)CCCOc3ccccc3)ccc2OC)cc1. The van der Waals surface area contributed by atoms with Crippen LogP contribution < -0.4 is 24.2 Å². The van der Waals surface area contributed by atoms with Crippen LogP contribution >= 0.6 is 0 Å². The summed E-state index contributed by atoms with van der Waals surface area (Å²) in [6, 6.07) is 20.3. The van der Waals surface area contributed by atoms with Crippen molar-refractivity contribution in [2.45, 2.75) is 17.7 Å². The molecule has 1 amide bonds. The molecule has 0 bridgehead atoms. The average Bonchev–Trinajstić information content (AvgIpc) is 2.83. The molecule has 0 radical (unpaired) electrons. The first-order chi connectivity index (χ1) is 15.9. The monoisotopic (exact) mass is 470 g/mol. The summed E-state index contributed by atoms with van der Waals surface area (Å²) in [4.78, 5) is 12.2. The summed E-state index contributed by atoms with van der Waals surface area (Å²) < 4.78 is 44.3. The van der Waals surface area contributed by atoms with Gasteiger partial charge in [0.2, 0.25) is 5.91 Å². The summed E-state index contributed by atoms with van der Waals surface area (Å²) in [6.45, 7) is 0.394. The highest BCUT2D eigenvalue weighted by molar-refractivity contribution is 7.92. The van der Waals surface area contributed by atoms with Gasteiger partial charge in [0.1, 0.15) is 22.1 Å². The third-order valence-corrected chi connectivity index (χ3v) is 6.04. The van der Waals surface area contributed by atoms with Crippen molar-refractivity contribution in [2.75, 3.05) is 30.9 Å². The van der Waals surface area contributed by atoms with Gasteiger partial charge in [-0.05, 0) is 61.0 Å². The molecule has 33 heavy (non-hydrogen) atoms. The first-order valence-corrected chi connectivity index (χ1v) is 11.7. The van der Waals surface area contributed by atoms with E-state index < -0.39 is 10.0 Å². The van der Waals surface area contributed by atoms with Crippen LogP contribution in [0.3, 0.4) is 0 Å². The zero-order valence-corrected chi connectivity index (χ0v) is 19.2. The van der Waals surface area contributed by atoms with Crippen LogP contribution in [0.15, 0.2) is 77.7 Å². The fraction of sp³-hybridized carbons (Fsp3) is 0.208. The van der Waals surface area contributed by atoms with E-state index in [1.165, 1.54) is 26.4 Å². The summed E-state index contributed by atoms with van der Waals surface area (Å²) >= 11 is 0. The molecule has 0 saturated carbocycles. The molecule has 174 valence electrons. The van der Waals surface area contributed by atoms with Gasteiger partial charge in [-0.1, -0.05) is 18.2 Å². The maximum atomic E-state index is 13.0. The van der Waals surface area contributed by atoms with Gasteiger partial charge in [0, 0.05) is 17.8 Å². The molecule has 2 N–H and O–H groups in total. The fourth-order valence-electron chi connectivity index (χ4n) is 3.00. The minimum absolute atomic E-state index is 0.0916. The highest BCUT2D eigenvalue weighted by Gasteiger charge is 2.21. The van der Waals surface area contributed by atoms with Gasteiger partial charge >= 0.3 is 0 Å². The Labute approximate surface area is 193 Å². The lowest BCUT2D eigenvalue weighted by atomic mass is 10.2. The van der Waals surface area contributed by atoms with E-state index in [1.54, 1.807) is 30.3 Å². The number of sulfonamides is 1. The number of methoxy groups -OCH3 is 2. The molecular formula is C24H26N2O6S. The van der Waals surface area contributed by atoms with Crippen LogP contribution in [0.1, 0.15) is 12.8 Å². The summed E-state index contributed by atoms with van der Waals surface area (Å²) in [6.07, 6.45) is 0.742. The van der Waals surface area contributed by atoms with Gasteiger partial charge < -0.3 is 19.5 Å². The number of anilines is 2. The van der Waals surface area contributed by atoms with Gasteiger partial charge in [-0.3, -0.25) is 9.52 Å². The van der Waals surface area contributed by atoms with Gasteiger partial charge in [0.15, 0.2) is 0 Å². The van der Waals surface area contributed by atoms with Gasteiger partial charge in [0.05, 0.1) is 20.8 Å². The molecule has 0 heterocycles. The number of carbonyl (C=O) groups excluding carboxylic acids is 1. The molecule has 3 aromatic carbocycles. The van der Waals surface area contributed by atoms with Crippen LogP contribution in [-0.4, -0.2) is 35.2 Å². The van der Waals surface area contributed by atoms with Crippen LogP contribution in [-0.2, 0) is 14.8 Å². The largest absolute Gasteiger partial charge is 0.497 e. The molecule has 0 unspecified atom stereocenters. The normalized spacial score (nSPS) is 10.8. The summed E-state index contributed by atoms with van der Waals surface area (Å²) in [7, 11) is -1.06. The number of rotatable bonds is 11. The van der Waals surface area contributed by atoms with Crippen molar-refractivity contribution in [3.8, 4) is 17.2 Å². The van der Waals surface area contributed by atoms with Crippen molar-refractivity contribution in [1.82, 2.24) is 0 Å². The quantitative estimate of drug-likeness (QED) is 0.405. The van der Waals surface area contributed by atoms with Crippen LogP contribution in [0.5, 0.6) is 17.2 Å². The van der Waals surface area contributed by atoms with E-state index >= 15 is 0 Å². The van der Waals surface area contributed by atoms with E-state index in [0.717, 1.165) is 5.75 Å². The Morgan fingerprint density at radius 2 is 1.55 bits per heavy atom. The topological polar surface area (TPSA) is 103 Å². The number of hydrogen-bond donors (Lipinski definition) is 2. The van der Waals surface area contributed by atoms with Crippen molar-refractivity contribution >= 4 is 27.3 Å². The number of hydrogen-bond acceptors (Lipinski definition) is 6. The highest BCUT2D eigenvalue weighted by Crippen LogP contribution is 2.29. The average molecular weight is 471 g/mol. The number of para-hydroxylation sites is 1. The molecule has 9 heteroatoms. The molecule has 3 aromatic rings. The molecule has 0 atom stereocenters. The van der Waals surface area contributed by atoms with Crippen LogP contribution in [0.25, 0.3) is 0 Å². The molecule has 0 saturated heterocycles. The number of nitrogens with one attached hydrogen (secondary N) is 2. The van der Waals surface area contributed by atoms with E-state index in [-0.39, 0.29) is 23.0 Å². The Balaban J connectivity index is 1.63. The Hall–Kier alpha value is -3.72. The zero-order valence-electron chi connectivity index (χ0n) is 18.4. The Bertz CT molecular complexity index is 1170. The Morgan fingerprint density at radius 3 is 2.21 bits per heavy atom. The van der Waals surface area contributed by atoms with E-state index in [2.05, 4.69) is 10.0 Å². The number of ether oxygens (including phenoxy) is 3. The van der Waals surface area contributed by atoms with E-state index in [0.29, 0.717) is 30.2 Å². The van der Waals surface area contributed by atoms with Crippen molar-refractivity contribution < 1.29 is 27.4 Å². The van der Waals surface area contributed by atoms with E-state index in [4.69, 9.17) is 14.2 Å². The summed E-state index contributed by atoms with van der Waals surface area (Å²) in [5, 5.41) is 2.72. The van der Waals surface area contributed by atoms with Crippen molar-refractivity contribution in [3.63, 3.8) is 0 Å². The maximum absolute atomic E-state index is 13.0. The molecular weight excluding hydrogens is 444 g/mol. The number of benzene rings is 3. The molecule has 0 fully saturated rings. The van der Waals surface area contributed by atoms with Gasteiger partial charge in [-0.15, -0.1) is 0 Å². The minimum atomic E-state index is -3.97. The third kappa shape index (κ3) is 6.88. The Kier molecular flexibility index (Phi) is 8.15. The minimum Gasteiger partial charge on any atom is -0.497 e. The molecule has 0 aliphatic carbocycles. The third-order valence-electron chi connectivity index (χ3n) is 4.64. The summed E-state index contributed by atoms with van der Waals surface area (Å²) in [5.74, 6) is 1.26. The van der Waals surface area contributed by atoms with Gasteiger partial charge in [-0.25, -0.2) is 8.42 Å². The molecule has 0 aliphatic rings. The second-order valence-electron chi connectivity index (χ2n) is 7.01. The van der Waals surface area contributed by atoms with Crippen LogP contribution in [0.4, 0.5) is 11.4 Å². The predicted octanol–water partition coefficient (Wildman–Crippen LogP) is 4.30. The predicted molar refractivity (Wildman–Crippen MR) is 127 cm³/mol. The van der Waals surface area contributed by atoms with E-state index in [9.17, 15) is 13.2 Å². The van der Waals surface area contributed by atoms with Crippen molar-refractivity contribution in [3.05, 3.63) is 72.8 Å². The lowest BCUT2D eigenvalue weighted by molar-refractivity contribution is -0.116. The van der Waals surface area contributed by atoms with E-state index in [1.807, 2.05) is 30.3 Å². The second-order valence-corrected chi connectivity index (χ2v) is 8.66. The van der Waals surface area contributed by atoms with Crippen molar-refractivity contribution in [1.29, 1.82) is 0 Å². The second kappa shape index (κ2) is 11.2.